The van der Waals surface area contributed by atoms with Crippen molar-refractivity contribution in [2.75, 3.05) is 19.8 Å². The van der Waals surface area contributed by atoms with Crippen molar-refractivity contribution in [1.29, 1.82) is 0 Å². The van der Waals surface area contributed by atoms with Crippen LogP contribution in [0.3, 0.4) is 0 Å². The van der Waals surface area contributed by atoms with Crippen LogP contribution in [0.2, 0.25) is 0 Å². The highest BCUT2D eigenvalue weighted by Crippen LogP contribution is 2.67. The van der Waals surface area contributed by atoms with Gasteiger partial charge in [0.15, 0.2) is 0 Å². The van der Waals surface area contributed by atoms with Gasteiger partial charge in [0.1, 0.15) is 6.04 Å². The Morgan fingerprint density at radius 2 is 1.95 bits per heavy atom. The van der Waals surface area contributed by atoms with Gasteiger partial charge >= 0.3 is 5.97 Å². The van der Waals surface area contributed by atoms with E-state index in [1.807, 2.05) is 4.90 Å². The average Bonchev–Trinajstić information content (AvgIpc) is 3.53. The van der Waals surface area contributed by atoms with Crippen LogP contribution in [-0.2, 0) is 19.1 Å². The Labute approximate surface area is 226 Å². The van der Waals surface area contributed by atoms with Gasteiger partial charge in [0.2, 0.25) is 11.8 Å². The Bertz CT molecular complexity index is 888. The molecular weight excluding hydrogens is 488 g/mol. The second kappa shape index (κ2) is 11.9. The van der Waals surface area contributed by atoms with Crippen LogP contribution in [0.5, 0.6) is 0 Å². The molecule has 1 saturated carbocycles. The SMILES string of the molecule is C=CCCOC(=O)[C@@H]1[C@H]2C(=O)N([C@@H](CO)CC(C)C)C(C(=O)N(CC=C)C3CCCCC3)C23CC[C@H]1S3. The molecule has 4 aliphatic rings. The fraction of sp³-hybridized carbons (Fsp3) is 0.759. The number of hydrogen-bond acceptors (Lipinski definition) is 6. The lowest BCUT2D eigenvalue weighted by molar-refractivity contribution is -0.154. The smallest absolute Gasteiger partial charge is 0.310 e. The first kappa shape index (κ1) is 28.2. The number of aliphatic hydroxyl groups is 1. The van der Waals surface area contributed by atoms with Crippen LogP contribution in [0.4, 0.5) is 0 Å². The van der Waals surface area contributed by atoms with Crippen molar-refractivity contribution in [2.45, 2.75) is 99.8 Å². The number of carbonyl (C=O) groups excluding carboxylic acids is 3. The van der Waals surface area contributed by atoms with E-state index >= 15 is 0 Å². The molecule has 1 spiro atoms. The van der Waals surface area contributed by atoms with Crippen LogP contribution in [0.25, 0.3) is 0 Å². The van der Waals surface area contributed by atoms with E-state index in [1.54, 1.807) is 28.8 Å². The van der Waals surface area contributed by atoms with Gasteiger partial charge in [-0.05, 0) is 44.4 Å². The zero-order chi connectivity index (χ0) is 26.7. The molecule has 3 aliphatic heterocycles. The molecule has 1 aliphatic carbocycles. The molecule has 0 aromatic carbocycles. The maximum Gasteiger partial charge on any atom is 0.310 e. The molecule has 1 N–H and O–H groups in total. The summed E-state index contributed by atoms with van der Waals surface area (Å²) in [4.78, 5) is 45.8. The van der Waals surface area contributed by atoms with Crippen LogP contribution < -0.4 is 0 Å². The summed E-state index contributed by atoms with van der Waals surface area (Å²) < 4.78 is 4.92. The standard InChI is InChI=1S/C29H44N2O5S/c1-5-7-16-36-28(35)23-22-13-14-29(37-22)24(23)26(33)31(21(18-32)17-19(3)4)25(29)27(34)30(15-6-2)20-11-9-8-10-12-20/h5-6,19-25,32H,1-2,7-18H2,3-4H3/t21-,22-,23+,24+,25?,29?/m1/s1. The number of rotatable bonds is 12. The third-order valence-electron chi connectivity index (χ3n) is 8.78. The normalized spacial score (nSPS) is 31.9. The van der Waals surface area contributed by atoms with Gasteiger partial charge in [-0.15, -0.1) is 24.9 Å². The molecule has 7 nitrogen and oxygen atoms in total. The summed E-state index contributed by atoms with van der Waals surface area (Å²) in [6.45, 7) is 12.2. The molecule has 0 radical (unpaired) electrons. The molecule has 2 bridgehead atoms. The van der Waals surface area contributed by atoms with Crippen LogP contribution in [0.1, 0.15) is 71.6 Å². The van der Waals surface area contributed by atoms with Gasteiger partial charge in [-0.3, -0.25) is 14.4 Å². The Morgan fingerprint density at radius 3 is 2.57 bits per heavy atom. The molecule has 2 unspecified atom stereocenters. The summed E-state index contributed by atoms with van der Waals surface area (Å²) in [5.74, 6) is -1.46. The van der Waals surface area contributed by atoms with Crippen LogP contribution in [0, 0.1) is 17.8 Å². The molecule has 37 heavy (non-hydrogen) atoms. The quantitative estimate of drug-likeness (QED) is 0.233. The number of thioether (sulfide) groups is 1. The minimum Gasteiger partial charge on any atom is -0.465 e. The third kappa shape index (κ3) is 5.12. The van der Waals surface area contributed by atoms with Gasteiger partial charge in [-0.25, -0.2) is 0 Å². The van der Waals surface area contributed by atoms with Crippen molar-refractivity contribution >= 4 is 29.5 Å². The van der Waals surface area contributed by atoms with Gasteiger partial charge in [-0.1, -0.05) is 45.3 Å². The lowest BCUT2D eigenvalue weighted by Gasteiger charge is -2.42. The lowest BCUT2D eigenvalue weighted by atomic mass is 9.71. The maximum absolute atomic E-state index is 14.6. The molecule has 206 valence electrons. The molecule has 6 atom stereocenters. The van der Waals surface area contributed by atoms with E-state index in [9.17, 15) is 19.5 Å². The number of hydrogen-bond donors (Lipinski definition) is 1. The lowest BCUT2D eigenvalue weighted by Crippen LogP contribution is -2.59. The summed E-state index contributed by atoms with van der Waals surface area (Å²) in [7, 11) is 0. The fourth-order valence-electron chi connectivity index (χ4n) is 7.30. The van der Waals surface area contributed by atoms with E-state index in [4.69, 9.17) is 4.74 Å². The molecule has 0 aromatic rings. The summed E-state index contributed by atoms with van der Waals surface area (Å²) >= 11 is 1.66. The average molecular weight is 533 g/mol. The molecule has 4 fully saturated rings. The molecule has 3 heterocycles. The Balaban J connectivity index is 1.73. The second-order valence-corrected chi connectivity index (χ2v) is 13.2. The minimum absolute atomic E-state index is 0.0251. The monoisotopic (exact) mass is 532 g/mol. The topological polar surface area (TPSA) is 87.1 Å². The largest absolute Gasteiger partial charge is 0.465 e. The number of esters is 1. The number of aliphatic hydroxyl groups excluding tert-OH is 1. The minimum atomic E-state index is -0.691. The maximum atomic E-state index is 14.6. The van der Waals surface area contributed by atoms with E-state index in [0.29, 0.717) is 25.8 Å². The van der Waals surface area contributed by atoms with Gasteiger partial charge in [0.05, 0.1) is 35.8 Å². The molecular formula is C29H44N2O5S. The van der Waals surface area contributed by atoms with Crippen molar-refractivity contribution in [3.63, 3.8) is 0 Å². The number of likely N-dealkylation sites (tertiary alicyclic amines) is 1. The fourth-order valence-corrected chi connectivity index (χ4v) is 9.49. The number of amides is 2. The first-order valence-corrected chi connectivity index (χ1v) is 15.0. The Morgan fingerprint density at radius 1 is 1.22 bits per heavy atom. The number of fused-ring (bicyclic) bond motifs is 1. The first-order chi connectivity index (χ1) is 17.8. The zero-order valence-corrected chi connectivity index (χ0v) is 23.3. The van der Waals surface area contributed by atoms with Gasteiger partial charge in [0.25, 0.3) is 0 Å². The number of ether oxygens (including phenoxy) is 1. The van der Waals surface area contributed by atoms with Gasteiger partial charge in [-0.2, -0.15) is 0 Å². The van der Waals surface area contributed by atoms with Gasteiger partial charge in [0, 0.05) is 17.8 Å². The predicted octanol–water partition coefficient (Wildman–Crippen LogP) is 3.95. The van der Waals surface area contributed by atoms with Crippen LogP contribution in [0.15, 0.2) is 25.3 Å². The summed E-state index contributed by atoms with van der Waals surface area (Å²) in [5.41, 5.74) is 0. The van der Waals surface area contributed by atoms with Crippen molar-refractivity contribution in [2.24, 2.45) is 17.8 Å². The van der Waals surface area contributed by atoms with Crippen LogP contribution >= 0.6 is 11.8 Å². The van der Waals surface area contributed by atoms with Crippen molar-refractivity contribution in [3.8, 4) is 0 Å². The zero-order valence-electron chi connectivity index (χ0n) is 22.5. The second-order valence-electron chi connectivity index (χ2n) is 11.6. The van der Waals surface area contributed by atoms with Gasteiger partial charge < -0.3 is 19.6 Å². The van der Waals surface area contributed by atoms with E-state index in [2.05, 4.69) is 27.0 Å². The Hall–Kier alpha value is -1.80. The summed E-state index contributed by atoms with van der Waals surface area (Å²) in [5, 5.41) is 10.4. The molecule has 2 amide bonds. The number of carbonyl (C=O) groups is 3. The van der Waals surface area contributed by atoms with E-state index in [1.165, 1.54) is 6.42 Å². The summed E-state index contributed by atoms with van der Waals surface area (Å²) in [6, 6.07) is -1.02. The van der Waals surface area contributed by atoms with E-state index in [0.717, 1.165) is 32.1 Å². The third-order valence-corrected chi connectivity index (χ3v) is 10.7. The molecule has 8 heteroatoms. The molecule has 3 saturated heterocycles. The molecule has 0 aromatic heterocycles. The highest BCUT2D eigenvalue weighted by molar-refractivity contribution is 8.02. The van der Waals surface area contributed by atoms with Crippen LogP contribution in [-0.4, -0.2) is 80.6 Å². The summed E-state index contributed by atoms with van der Waals surface area (Å²) in [6.07, 6.45) is 11.4. The van der Waals surface area contributed by atoms with Crippen molar-refractivity contribution in [3.05, 3.63) is 25.3 Å². The highest BCUT2D eigenvalue weighted by atomic mass is 32.2. The predicted molar refractivity (Wildman–Crippen MR) is 146 cm³/mol. The molecule has 4 rings (SSSR count). The van der Waals surface area contributed by atoms with Crippen molar-refractivity contribution < 1.29 is 24.2 Å². The van der Waals surface area contributed by atoms with Crippen molar-refractivity contribution in [1.82, 2.24) is 9.80 Å². The van der Waals surface area contributed by atoms with E-state index < -0.39 is 28.7 Å². The highest BCUT2D eigenvalue weighted by Gasteiger charge is 2.74. The number of nitrogens with zero attached hydrogens (tertiary/aromatic N) is 2. The Kier molecular flexibility index (Phi) is 9.10. The first-order valence-electron chi connectivity index (χ1n) is 14.1. The van der Waals surface area contributed by atoms with E-state index in [-0.39, 0.29) is 48.2 Å².